The minimum atomic E-state index is -0.433. The Bertz CT molecular complexity index is 1310. The van der Waals surface area contributed by atoms with Crippen molar-refractivity contribution in [1.82, 2.24) is 0 Å². The summed E-state index contributed by atoms with van der Waals surface area (Å²) in [5, 5.41) is 0. The van der Waals surface area contributed by atoms with E-state index in [0.29, 0.717) is 0 Å². The highest BCUT2D eigenvalue weighted by molar-refractivity contribution is 6.62. The van der Waals surface area contributed by atoms with Gasteiger partial charge in [-0.05, 0) is 116 Å². The molecule has 1 aliphatic heterocycles. The predicted molar refractivity (Wildman–Crippen MR) is 188 cm³/mol. The summed E-state index contributed by atoms with van der Waals surface area (Å²) in [5.41, 5.74) is 7.90. The summed E-state index contributed by atoms with van der Waals surface area (Å²) < 4.78 is 13.0. The van der Waals surface area contributed by atoms with Crippen LogP contribution in [0.25, 0.3) is 22.3 Å². The molecule has 1 aliphatic rings. The van der Waals surface area contributed by atoms with Crippen molar-refractivity contribution in [3.63, 3.8) is 0 Å². The molecule has 0 saturated carbocycles. The van der Waals surface area contributed by atoms with E-state index in [1.165, 1.54) is 22.3 Å². The Labute approximate surface area is 268 Å². The van der Waals surface area contributed by atoms with Gasteiger partial charge in [0.25, 0.3) is 0 Å². The minimum absolute atomic E-state index is 0.0258. The van der Waals surface area contributed by atoms with Gasteiger partial charge in [-0.2, -0.15) is 0 Å². The highest BCUT2D eigenvalue weighted by Gasteiger charge is 2.51. The Morgan fingerprint density at radius 2 is 0.930 bits per heavy atom. The summed E-state index contributed by atoms with van der Waals surface area (Å²) >= 11 is 6.63. The van der Waals surface area contributed by atoms with Crippen LogP contribution >= 0.6 is 11.6 Å². The molecular weight excluding hydrogens is 547 g/mol. The number of halogens is 1. The zero-order valence-electron chi connectivity index (χ0n) is 29.0. The smallest absolute Gasteiger partial charge is 0.399 e. The fourth-order valence-electron chi connectivity index (χ4n) is 6.91. The third-order valence-electron chi connectivity index (χ3n) is 9.31. The van der Waals surface area contributed by atoms with Gasteiger partial charge in [-0.15, -0.1) is 11.6 Å². The van der Waals surface area contributed by atoms with Crippen molar-refractivity contribution >= 4 is 24.2 Å². The van der Waals surface area contributed by atoms with Crippen LogP contribution in [0.5, 0.6) is 0 Å². The number of alkyl halides is 1. The molecule has 43 heavy (non-hydrogen) atoms. The summed E-state index contributed by atoms with van der Waals surface area (Å²) in [6.07, 6.45) is 2.01. The first kappa shape index (κ1) is 33.8. The molecule has 0 spiro atoms. The summed E-state index contributed by atoms with van der Waals surface area (Å²) in [4.78, 5) is -0.258. The minimum Gasteiger partial charge on any atom is -0.399 e. The van der Waals surface area contributed by atoms with Crippen LogP contribution in [-0.2, 0) is 20.1 Å². The molecule has 0 unspecified atom stereocenters. The van der Waals surface area contributed by atoms with Crippen molar-refractivity contribution in [2.75, 3.05) is 0 Å². The van der Waals surface area contributed by atoms with E-state index in [1.807, 2.05) is 0 Å². The van der Waals surface area contributed by atoms with E-state index >= 15 is 0 Å². The second-order valence-electron chi connectivity index (χ2n) is 17.0. The van der Waals surface area contributed by atoms with E-state index in [1.54, 1.807) is 0 Å². The fourth-order valence-corrected chi connectivity index (χ4v) is 7.24. The van der Waals surface area contributed by atoms with Crippen LogP contribution in [-0.4, -0.2) is 23.2 Å². The number of hydrogen-bond donors (Lipinski definition) is 0. The van der Waals surface area contributed by atoms with Crippen LogP contribution in [0.15, 0.2) is 66.7 Å². The van der Waals surface area contributed by atoms with Crippen LogP contribution in [0.1, 0.15) is 114 Å². The van der Waals surface area contributed by atoms with Crippen molar-refractivity contribution in [1.29, 1.82) is 0 Å². The molecule has 0 N–H and O–H groups in total. The van der Waals surface area contributed by atoms with Gasteiger partial charge in [0.05, 0.1) is 11.2 Å². The monoisotopic (exact) mass is 600 g/mol. The molecular formula is C39H54BClO2. The van der Waals surface area contributed by atoms with Crippen LogP contribution in [0.3, 0.4) is 0 Å². The molecule has 0 atom stereocenters. The van der Waals surface area contributed by atoms with E-state index in [-0.39, 0.29) is 21.1 Å². The quantitative estimate of drug-likeness (QED) is 0.189. The summed E-state index contributed by atoms with van der Waals surface area (Å²) in [6, 6.07) is 24.9. The van der Waals surface area contributed by atoms with Gasteiger partial charge >= 0.3 is 7.12 Å². The maximum absolute atomic E-state index is 6.63. The lowest BCUT2D eigenvalue weighted by Crippen LogP contribution is -2.41. The lowest BCUT2D eigenvalue weighted by molar-refractivity contribution is 0.00578. The molecule has 0 aliphatic carbocycles. The zero-order valence-corrected chi connectivity index (χ0v) is 29.8. The Kier molecular flexibility index (Phi) is 8.95. The topological polar surface area (TPSA) is 18.5 Å². The molecule has 1 saturated heterocycles. The first-order valence-electron chi connectivity index (χ1n) is 15.9. The summed E-state index contributed by atoms with van der Waals surface area (Å²) in [6.45, 7) is 28.8. The van der Waals surface area contributed by atoms with Crippen molar-refractivity contribution in [2.24, 2.45) is 5.41 Å². The fraction of sp³-hybridized carbons (Fsp3) is 0.538. The van der Waals surface area contributed by atoms with Crippen LogP contribution in [0.2, 0.25) is 0 Å². The van der Waals surface area contributed by atoms with Gasteiger partial charge in [-0.3, -0.25) is 0 Å². The Balaban J connectivity index is 1.75. The van der Waals surface area contributed by atoms with Crippen molar-refractivity contribution < 1.29 is 9.31 Å². The van der Waals surface area contributed by atoms with Gasteiger partial charge in [0.2, 0.25) is 0 Å². The van der Waals surface area contributed by atoms with Gasteiger partial charge in [0, 0.05) is 4.87 Å². The van der Waals surface area contributed by atoms with Crippen molar-refractivity contribution in [2.45, 2.75) is 130 Å². The lowest BCUT2D eigenvalue weighted by Gasteiger charge is -2.33. The van der Waals surface area contributed by atoms with E-state index in [4.69, 9.17) is 20.9 Å². The molecule has 0 bridgehead atoms. The molecule has 1 fully saturated rings. The normalized spacial score (nSPS) is 17.4. The van der Waals surface area contributed by atoms with Gasteiger partial charge in [0.1, 0.15) is 0 Å². The van der Waals surface area contributed by atoms with Gasteiger partial charge in [0.15, 0.2) is 0 Å². The molecule has 3 aromatic carbocycles. The van der Waals surface area contributed by atoms with Crippen LogP contribution in [0.4, 0.5) is 0 Å². The Hall–Kier alpha value is -2.07. The van der Waals surface area contributed by atoms with Crippen molar-refractivity contribution in [3.05, 3.63) is 77.9 Å². The third kappa shape index (κ3) is 7.97. The maximum Gasteiger partial charge on any atom is 0.494 e. The highest BCUT2D eigenvalue weighted by Crippen LogP contribution is 2.40. The van der Waals surface area contributed by atoms with E-state index < -0.39 is 18.3 Å². The molecule has 232 valence electrons. The predicted octanol–water partition coefficient (Wildman–Crippen LogP) is 10.7. The lowest BCUT2D eigenvalue weighted by atomic mass is 9.72. The molecule has 2 nitrogen and oxygen atoms in total. The van der Waals surface area contributed by atoms with Gasteiger partial charge in [-0.25, -0.2) is 0 Å². The van der Waals surface area contributed by atoms with Gasteiger partial charge < -0.3 is 9.31 Å². The highest BCUT2D eigenvalue weighted by atomic mass is 35.5. The van der Waals surface area contributed by atoms with E-state index in [9.17, 15) is 0 Å². The Morgan fingerprint density at radius 1 is 0.558 bits per heavy atom. The number of benzene rings is 3. The van der Waals surface area contributed by atoms with E-state index in [0.717, 1.165) is 29.4 Å². The average Bonchev–Trinajstić information content (AvgIpc) is 3.08. The number of hydrogen-bond acceptors (Lipinski definition) is 2. The van der Waals surface area contributed by atoms with Crippen molar-refractivity contribution in [3.8, 4) is 22.3 Å². The molecule has 0 radical (unpaired) electrons. The first-order chi connectivity index (χ1) is 19.5. The second kappa shape index (κ2) is 11.4. The summed E-state index contributed by atoms with van der Waals surface area (Å²) in [7, 11) is -0.433. The maximum atomic E-state index is 6.63. The average molecular weight is 601 g/mol. The Morgan fingerprint density at radius 3 is 1.28 bits per heavy atom. The van der Waals surface area contributed by atoms with Crippen LogP contribution in [0, 0.1) is 5.41 Å². The second-order valence-corrected chi connectivity index (χ2v) is 18.0. The van der Waals surface area contributed by atoms with Gasteiger partial charge in [-0.1, -0.05) is 109 Å². The first-order valence-corrected chi connectivity index (χ1v) is 16.3. The largest absolute Gasteiger partial charge is 0.494 e. The molecule has 3 aromatic rings. The summed E-state index contributed by atoms with van der Waals surface area (Å²) in [5.74, 6) is 0. The molecule has 4 heteroatoms. The van der Waals surface area contributed by atoms with E-state index in [2.05, 4.69) is 157 Å². The molecule has 0 amide bonds. The number of rotatable bonds is 8. The molecule has 4 rings (SSSR count). The zero-order chi connectivity index (χ0) is 32.2. The standard InChI is InChI=1S/C39H54BClO2/c1-34(2,3)25-35(4,5)31-18-14-27(15-19-31)29-22-30(24-33(23-29)40-42-38(10,11)39(12,13)43-40)28-16-20-32(21-17-28)36(6,7)26-37(8,9)41/h14-24H,25-26H2,1-13H3. The SMILES string of the molecule is CC(C)(C)CC(C)(C)c1ccc(-c2cc(B3OC(C)(C)C(C)(C)O3)cc(-c3ccc(C(C)(C)CC(C)(C)Cl)cc3)c2)cc1. The third-order valence-corrected chi connectivity index (χ3v) is 9.45. The molecule has 1 heterocycles. The molecule has 0 aromatic heterocycles. The van der Waals surface area contributed by atoms with Crippen LogP contribution < -0.4 is 5.46 Å².